The number of hydrogen-bond acceptors (Lipinski definition) is 4. The summed E-state index contributed by atoms with van der Waals surface area (Å²) < 4.78 is 5.70. The van der Waals surface area contributed by atoms with E-state index in [1.165, 1.54) is 0 Å². The zero-order valence-corrected chi connectivity index (χ0v) is 11.2. The Kier molecular flexibility index (Phi) is 2.54. The molecule has 0 fully saturated rings. The van der Waals surface area contributed by atoms with Crippen molar-refractivity contribution in [2.75, 3.05) is 11.1 Å². The van der Waals surface area contributed by atoms with E-state index in [0.29, 0.717) is 22.8 Å². The van der Waals surface area contributed by atoms with Crippen LogP contribution in [0, 0.1) is 0 Å². The minimum atomic E-state index is 0.444. The molecule has 4 nitrogen and oxygen atoms in total. The standard InChI is InChI=1S/C17H13N3O/c18-13-8-4-10-15-16(13)20-17(21-15)19-14-9-3-6-11-5-1-2-7-12(11)14/h1-10H,18H2,(H,19,20). The summed E-state index contributed by atoms with van der Waals surface area (Å²) in [6.07, 6.45) is 0. The number of nitrogens with one attached hydrogen (secondary N) is 1. The lowest BCUT2D eigenvalue weighted by atomic mass is 10.1. The maximum absolute atomic E-state index is 5.90. The van der Waals surface area contributed by atoms with E-state index in [9.17, 15) is 0 Å². The molecular formula is C17H13N3O. The predicted molar refractivity (Wildman–Crippen MR) is 85.7 cm³/mol. The number of nitrogens with two attached hydrogens (primary N) is 1. The van der Waals surface area contributed by atoms with Crippen molar-refractivity contribution in [1.29, 1.82) is 0 Å². The largest absolute Gasteiger partial charge is 0.423 e. The van der Waals surface area contributed by atoms with Crippen molar-refractivity contribution in [3.8, 4) is 0 Å². The Morgan fingerprint density at radius 3 is 2.62 bits per heavy atom. The van der Waals surface area contributed by atoms with Gasteiger partial charge in [-0.2, -0.15) is 4.98 Å². The molecule has 4 heteroatoms. The second-order valence-electron chi connectivity index (χ2n) is 4.86. The summed E-state index contributed by atoms with van der Waals surface area (Å²) in [7, 11) is 0. The van der Waals surface area contributed by atoms with Gasteiger partial charge >= 0.3 is 0 Å². The zero-order valence-electron chi connectivity index (χ0n) is 11.2. The number of rotatable bonds is 2. The van der Waals surface area contributed by atoms with E-state index < -0.39 is 0 Å². The molecule has 0 atom stereocenters. The number of hydrogen-bond donors (Lipinski definition) is 2. The fourth-order valence-corrected chi connectivity index (χ4v) is 2.47. The second kappa shape index (κ2) is 4.52. The molecule has 102 valence electrons. The van der Waals surface area contributed by atoms with Crippen molar-refractivity contribution < 1.29 is 4.42 Å². The van der Waals surface area contributed by atoms with E-state index in [1.54, 1.807) is 0 Å². The van der Waals surface area contributed by atoms with E-state index in [4.69, 9.17) is 10.2 Å². The summed E-state index contributed by atoms with van der Waals surface area (Å²) in [5, 5.41) is 5.52. The molecule has 0 aliphatic heterocycles. The lowest BCUT2D eigenvalue weighted by Crippen LogP contribution is -1.91. The fourth-order valence-electron chi connectivity index (χ4n) is 2.47. The predicted octanol–water partition coefficient (Wildman–Crippen LogP) is 4.31. The first kappa shape index (κ1) is 11.8. The maximum Gasteiger partial charge on any atom is 0.300 e. The summed E-state index contributed by atoms with van der Waals surface area (Å²) in [4.78, 5) is 4.41. The minimum Gasteiger partial charge on any atom is -0.423 e. The van der Waals surface area contributed by atoms with Gasteiger partial charge in [-0.05, 0) is 23.6 Å². The highest BCUT2D eigenvalue weighted by Crippen LogP contribution is 2.29. The smallest absolute Gasteiger partial charge is 0.300 e. The lowest BCUT2D eigenvalue weighted by Gasteiger charge is -2.05. The highest BCUT2D eigenvalue weighted by Gasteiger charge is 2.09. The van der Waals surface area contributed by atoms with Crippen LogP contribution in [0.15, 0.2) is 65.1 Å². The molecule has 0 saturated heterocycles. The molecule has 4 aromatic rings. The number of nitrogen functional groups attached to an aromatic ring is 1. The van der Waals surface area contributed by atoms with Gasteiger partial charge in [0.25, 0.3) is 6.01 Å². The van der Waals surface area contributed by atoms with Crippen LogP contribution in [-0.4, -0.2) is 4.98 Å². The van der Waals surface area contributed by atoms with Crippen molar-refractivity contribution in [1.82, 2.24) is 4.98 Å². The van der Waals surface area contributed by atoms with Crippen molar-refractivity contribution in [3.63, 3.8) is 0 Å². The molecule has 0 aliphatic rings. The van der Waals surface area contributed by atoms with E-state index >= 15 is 0 Å². The Morgan fingerprint density at radius 1 is 0.905 bits per heavy atom. The van der Waals surface area contributed by atoms with Crippen LogP contribution < -0.4 is 11.1 Å². The average molecular weight is 275 g/mol. The Balaban J connectivity index is 1.81. The molecule has 0 spiro atoms. The number of para-hydroxylation sites is 1. The normalized spacial score (nSPS) is 11.0. The number of oxazole rings is 1. The van der Waals surface area contributed by atoms with E-state index in [0.717, 1.165) is 16.5 Å². The molecule has 0 unspecified atom stereocenters. The molecule has 21 heavy (non-hydrogen) atoms. The van der Waals surface area contributed by atoms with Gasteiger partial charge in [0.2, 0.25) is 0 Å². The molecule has 0 aliphatic carbocycles. The van der Waals surface area contributed by atoms with Crippen molar-refractivity contribution >= 4 is 39.3 Å². The number of aromatic nitrogens is 1. The molecule has 3 N–H and O–H groups in total. The third-order valence-electron chi connectivity index (χ3n) is 3.48. The molecule has 1 heterocycles. The molecule has 0 amide bonds. The summed E-state index contributed by atoms with van der Waals surface area (Å²) >= 11 is 0. The summed E-state index contributed by atoms with van der Waals surface area (Å²) in [6.45, 7) is 0. The maximum atomic E-state index is 5.90. The van der Waals surface area contributed by atoms with Gasteiger partial charge in [0.1, 0.15) is 5.52 Å². The molecule has 3 aromatic carbocycles. The van der Waals surface area contributed by atoms with E-state index in [2.05, 4.69) is 28.5 Å². The van der Waals surface area contributed by atoms with Crippen LogP contribution in [0.25, 0.3) is 21.9 Å². The van der Waals surface area contributed by atoms with Crippen LogP contribution in [0.4, 0.5) is 17.4 Å². The van der Waals surface area contributed by atoms with Crippen LogP contribution in [0.1, 0.15) is 0 Å². The first-order valence-electron chi connectivity index (χ1n) is 6.71. The zero-order chi connectivity index (χ0) is 14.2. The Hall–Kier alpha value is -3.01. The van der Waals surface area contributed by atoms with E-state index in [1.807, 2.05) is 42.5 Å². The van der Waals surface area contributed by atoms with Gasteiger partial charge in [-0.3, -0.25) is 0 Å². The first-order valence-corrected chi connectivity index (χ1v) is 6.71. The molecule has 0 bridgehead atoms. The van der Waals surface area contributed by atoms with Crippen LogP contribution in [0.5, 0.6) is 0 Å². The first-order chi connectivity index (χ1) is 10.3. The number of nitrogens with zero attached hydrogens (tertiary/aromatic N) is 1. The van der Waals surface area contributed by atoms with Gasteiger partial charge in [0, 0.05) is 5.39 Å². The minimum absolute atomic E-state index is 0.444. The summed E-state index contributed by atoms with van der Waals surface area (Å²) in [6, 6.07) is 20.2. The third-order valence-corrected chi connectivity index (χ3v) is 3.48. The van der Waals surface area contributed by atoms with Gasteiger partial charge in [-0.1, -0.05) is 42.5 Å². The second-order valence-corrected chi connectivity index (χ2v) is 4.86. The Bertz CT molecular complexity index is 938. The molecular weight excluding hydrogens is 262 g/mol. The molecule has 1 aromatic heterocycles. The van der Waals surface area contributed by atoms with Gasteiger partial charge < -0.3 is 15.5 Å². The number of fused-ring (bicyclic) bond motifs is 2. The van der Waals surface area contributed by atoms with Crippen LogP contribution in [-0.2, 0) is 0 Å². The SMILES string of the molecule is Nc1cccc2oc(Nc3cccc4ccccc34)nc12. The number of benzene rings is 3. The molecule has 4 rings (SSSR count). The average Bonchev–Trinajstić information content (AvgIpc) is 2.92. The van der Waals surface area contributed by atoms with Crippen molar-refractivity contribution in [2.45, 2.75) is 0 Å². The van der Waals surface area contributed by atoms with E-state index in [-0.39, 0.29) is 0 Å². The monoisotopic (exact) mass is 275 g/mol. The van der Waals surface area contributed by atoms with Crippen LogP contribution in [0.3, 0.4) is 0 Å². The van der Waals surface area contributed by atoms with Gasteiger partial charge in [-0.25, -0.2) is 0 Å². The molecule has 0 saturated carbocycles. The topological polar surface area (TPSA) is 64.1 Å². The fraction of sp³-hybridized carbons (Fsp3) is 0. The summed E-state index contributed by atoms with van der Waals surface area (Å²) in [5.74, 6) is 0. The molecule has 0 radical (unpaired) electrons. The quantitative estimate of drug-likeness (QED) is 0.535. The van der Waals surface area contributed by atoms with Crippen molar-refractivity contribution in [2.24, 2.45) is 0 Å². The highest BCUT2D eigenvalue weighted by atomic mass is 16.4. The Labute approximate surface area is 121 Å². The van der Waals surface area contributed by atoms with Crippen LogP contribution in [0.2, 0.25) is 0 Å². The van der Waals surface area contributed by atoms with Gasteiger partial charge in [0.15, 0.2) is 5.58 Å². The van der Waals surface area contributed by atoms with Crippen molar-refractivity contribution in [3.05, 3.63) is 60.7 Å². The van der Waals surface area contributed by atoms with Crippen LogP contribution >= 0.6 is 0 Å². The highest BCUT2D eigenvalue weighted by molar-refractivity contribution is 5.95. The lowest BCUT2D eigenvalue weighted by molar-refractivity contribution is 0.623. The Morgan fingerprint density at radius 2 is 1.71 bits per heavy atom. The van der Waals surface area contributed by atoms with Gasteiger partial charge in [-0.15, -0.1) is 0 Å². The number of anilines is 3. The van der Waals surface area contributed by atoms with Gasteiger partial charge in [0.05, 0.1) is 11.4 Å². The summed E-state index contributed by atoms with van der Waals surface area (Å²) in [5.41, 5.74) is 8.83. The third kappa shape index (κ3) is 1.97.